The van der Waals surface area contributed by atoms with E-state index in [1.165, 1.54) is 0 Å². The zero-order chi connectivity index (χ0) is 13.1. The lowest BCUT2D eigenvalue weighted by Crippen LogP contribution is -2.37. The minimum absolute atomic E-state index is 0.248. The molecule has 1 heterocycles. The van der Waals surface area contributed by atoms with Gasteiger partial charge in [-0.05, 0) is 37.1 Å². The number of nitrogens with zero attached hydrogens (tertiary/aromatic N) is 1. The average Bonchev–Trinajstić information content (AvgIpc) is 2.31. The lowest BCUT2D eigenvalue weighted by atomic mass is 10.1. The second-order valence-electron chi connectivity index (χ2n) is 4.70. The van der Waals surface area contributed by atoms with Crippen molar-refractivity contribution < 1.29 is 9.90 Å². The van der Waals surface area contributed by atoms with Crippen molar-refractivity contribution in [2.45, 2.75) is 25.5 Å². The van der Waals surface area contributed by atoms with E-state index in [-0.39, 0.29) is 6.10 Å². The van der Waals surface area contributed by atoms with E-state index in [0.717, 1.165) is 24.9 Å². The van der Waals surface area contributed by atoms with Crippen LogP contribution in [0.1, 0.15) is 28.8 Å². The number of rotatable bonds is 3. The number of likely N-dealkylation sites (tertiary alicyclic amines) is 1. The smallest absolute Gasteiger partial charge is 0.248 e. The maximum absolute atomic E-state index is 11.0. The van der Waals surface area contributed by atoms with Crippen LogP contribution in [0.4, 0.5) is 0 Å². The highest BCUT2D eigenvalue weighted by Gasteiger charge is 2.18. The molecule has 0 bridgehead atoms. The van der Waals surface area contributed by atoms with Crippen LogP contribution in [0.2, 0.25) is 5.02 Å². The van der Waals surface area contributed by atoms with Gasteiger partial charge in [-0.3, -0.25) is 9.69 Å². The fourth-order valence-electron chi connectivity index (χ4n) is 2.24. The third-order valence-electron chi connectivity index (χ3n) is 3.21. The van der Waals surface area contributed by atoms with Crippen LogP contribution in [-0.4, -0.2) is 35.1 Å². The molecular formula is C13H17ClN2O2. The molecule has 0 saturated carbocycles. The van der Waals surface area contributed by atoms with Crippen LogP contribution in [0, 0.1) is 0 Å². The van der Waals surface area contributed by atoms with Crippen LogP contribution in [-0.2, 0) is 6.54 Å². The molecule has 0 aliphatic carbocycles. The number of aliphatic hydroxyl groups is 1. The van der Waals surface area contributed by atoms with Gasteiger partial charge in [-0.25, -0.2) is 0 Å². The van der Waals surface area contributed by atoms with Gasteiger partial charge >= 0.3 is 0 Å². The molecule has 1 fully saturated rings. The van der Waals surface area contributed by atoms with Gasteiger partial charge in [0.15, 0.2) is 0 Å². The molecule has 1 aromatic rings. The molecule has 1 saturated heterocycles. The number of β-amino-alcohol motifs (C(OH)–C–C–N with tert-alkyl or cyclic N) is 1. The summed E-state index contributed by atoms with van der Waals surface area (Å²) < 4.78 is 0. The standard InChI is InChI=1S/C13H17ClN2O2/c14-12-6-9(13(15)18)3-4-10(12)7-16-5-1-2-11(17)8-16/h3-4,6,11,17H,1-2,5,7-8H2,(H2,15,18)/t11-/m0/s1. The van der Waals surface area contributed by atoms with Crippen LogP contribution in [0.15, 0.2) is 18.2 Å². The van der Waals surface area contributed by atoms with E-state index in [2.05, 4.69) is 4.90 Å². The Hall–Kier alpha value is -1.10. The molecule has 2 rings (SSSR count). The molecule has 0 aromatic heterocycles. The third-order valence-corrected chi connectivity index (χ3v) is 3.56. The fraction of sp³-hybridized carbons (Fsp3) is 0.462. The maximum atomic E-state index is 11.0. The summed E-state index contributed by atoms with van der Waals surface area (Å²) in [6.45, 7) is 2.33. The summed E-state index contributed by atoms with van der Waals surface area (Å²) in [5, 5.41) is 10.2. The van der Waals surface area contributed by atoms with Gasteiger partial charge in [-0.2, -0.15) is 0 Å². The molecule has 1 aliphatic rings. The first kappa shape index (κ1) is 13.3. The highest BCUT2D eigenvalue weighted by Crippen LogP contribution is 2.21. The third kappa shape index (κ3) is 3.22. The van der Waals surface area contributed by atoms with Gasteiger partial charge in [-0.1, -0.05) is 17.7 Å². The van der Waals surface area contributed by atoms with Crippen molar-refractivity contribution in [3.63, 3.8) is 0 Å². The summed E-state index contributed by atoms with van der Waals surface area (Å²) in [6, 6.07) is 5.10. The summed E-state index contributed by atoms with van der Waals surface area (Å²) in [5.41, 5.74) is 6.57. The zero-order valence-corrected chi connectivity index (χ0v) is 10.9. The molecule has 0 spiro atoms. The van der Waals surface area contributed by atoms with Gasteiger partial charge in [0.1, 0.15) is 0 Å². The number of nitrogens with two attached hydrogens (primary N) is 1. The van der Waals surface area contributed by atoms with E-state index in [4.69, 9.17) is 17.3 Å². The van der Waals surface area contributed by atoms with Gasteiger partial charge in [0.2, 0.25) is 5.91 Å². The van der Waals surface area contributed by atoms with Gasteiger partial charge in [0.05, 0.1) is 6.10 Å². The number of amides is 1. The first-order valence-corrected chi connectivity index (χ1v) is 6.42. The normalized spacial score (nSPS) is 20.9. The number of halogens is 1. The fourth-order valence-corrected chi connectivity index (χ4v) is 2.48. The number of benzene rings is 1. The Morgan fingerprint density at radius 1 is 1.56 bits per heavy atom. The van der Waals surface area contributed by atoms with Crippen molar-refractivity contribution in [3.05, 3.63) is 34.3 Å². The van der Waals surface area contributed by atoms with Crippen LogP contribution >= 0.6 is 11.6 Å². The molecule has 1 amide bonds. The van der Waals surface area contributed by atoms with Gasteiger partial charge in [0, 0.05) is 23.7 Å². The Morgan fingerprint density at radius 2 is 2.33 bits per heavy atom. The average molecular weight is 269 g/mol. The Morgan fingerprint density at radius 3 is 2.94 bits per heavy atom. The lowest BCUT2D eigenvalue weighted by molar-refractivity contribution is 0.0668. The van der Waals surface area contributed by atoms with E-state index in [0.29, 0.717) is 23.7 Å². The largest absolute Gasteiger partial charge is 0.392 e. The van der Waals surface area contributed by atoms with Crippen molar-refractivity contribution in [2.24, 2.45) is 5.73 Å². The summed E-state index contributed by atoms with van der Waals surface area (Å²) in [4.78, 5) is 13.2. The van der Waals surface area contributed by atoms with E-state index in [1.54, 1.807) is 12.1 Å². The van der Waals surface area contributed by atoms with Gasteiger partial charge in [0.25, 0.3) is 0 Å². The minimum atomic E-state index is -0.475. The zero-order valence-electron chi connectivity index (χ0n) is 10.1. The van der Waals surface area contributed by atoms with Gasteiger partial charge in [-0.15, -0.1) is 0 Å². The van der Waals surface area contributed by atoms with Crippen LogP contribution in [0.5, 0.6) is 0 Å². The second kappa shape index (κ2) is 5.69. The van der Waals surface area contributed by atoms with Crippen LogP contribution in [0.3, 0.4) is 0 Å². The lowest BCUT2D eigenvalue weighted by Gasteiger charge is -2.30. The Bertz CT molecular complexity index is 451. The first-order chi connectivity index (χ1) is 8.56. The summed E-state index contributed by atoms with van der Waals surface area (Å²) >= 11 is 6.13. The van der Waals surface area contributed by atoms with Crippen LogP contribution in [0.25, 0.3) is 0 Å². The molecule has 1 aromatic carbocycles. The number of piperidine rings is 1. The Kier molecular flexibility index (Phi) is 4.22. The second-order valence-corrected chi connectivity index (χ2v) is 5.11. The minimum Gasteiger partial charge on any atom is -0.392 e. The van der Waals surface area contributed by atoms with Crippen molar-refractivity contribution in [1.29, 1.82) is 0 Å². The molecule has 4 nitrogen and oxygen atoms in total. The molecule has 5 heteroatoms. The number of hydrogen-bond acceptors (Lipinski definition) is 3. The first-order valence-electron chi connectivity index (χ1n) is 6.05. The molecule has 1 atom stereocenters. The topological polar surface area (TPSA) is 66.6 Å². The predicted molar refractivity (Wildman–Crippen MR) is 70.5 cm³/mol. The molecule has 18 heavy (non-hydrogen) atoms. The van der Waals surface area contributed by atoms with Crippen molar-refractivity contribution in [3.8, 4) is 0 Å². The summed E-state index contributed by atoms with van der Waals surface area (Å²) in [7, 11) is 0. The number of hydrogen-bond donors (Lipinski definition) is 2. The van der Waals surface area contributed by atoms with E-state index >= 15 is 0 Å². The SMILES string of the molecule is NC(=O)c1ccc(CN2CCC[C@H](O)C2)c(Cl)c1. The molecular weight excluding hydrogens is 252 g/mol. The van der Waals surface area contributed by atoms with E-state index in [1.807, 2.05) is 6.07 Å². The summed E-state index contributed by atoms with van der Waals surface area (Å²) in [6.07, 6.45) is 1.62. The van der Waals surface area contributed by atoms with E-state index < -0.39 is 5.91 Å². The van der Waals surface area contributed by atoms with Crippen molar-refractivity contribution in [1.82, 2.24) is 4.90 Å². The summed E-state index contributed by atoms with van der Waals surface area (Å²) in [5.74, 6) is -0.475. The highest BCUT2D eigenvalue weighted by atomic mass is 35.5. The number of carbonyl (C=O) groups is 1. The molecule has 0 unspecified atom stereocenters. The quantitative estimate of drug-likeness (QED) is 0.871. The highest BCUT2D eigenvalue weighted by molar-refractivity contribution is 6.31. The number of primary amides is 1. The van der Waals surface area contributed by atoms with Crippen LogP contribution < -0.4 is 5.73 Å². The molecule has 0 radical (unpaired) electrons. The molecule has 98 valence electrons. The van der Waals surface area contributed by atoms with Gasteiger partial charge < -0.3 is 10.8 Å². The Labute approximate surface area is 111 Å². The predicted octanol–water partition coefficient (Wildman–Crippen LogP) is 1.40. The monoisotopic (exact) mass is 268 g/mol. The Balaban J connectivity index is 2.07. The van der Waals surface area contributed by atoms with Crippen molar-refractivity contribution >= 4 is 17.5 Å². The number of carbonyl (C=O) groups excluding carboxylic acids is 1. The van der Waals surface area contributed by atoms with E-state index in [9.17, 15) is 9.90 Å². The van der Waals surface area contributed by atoms with Crippen molar-refractivity contribution in [2.75, 3.05) is 13.1 Å². The maximum Gasteiger partial charge on any atom is 0.248 e. The molecule has 3 N–H and O–H groups in total. The molecule has 1 aliphatic heterocycles. The number of aliphatic hydroxyl groups excluding tert-OH is 1.